The lowest BCUT2D eigenvalue weighted by molar-refractivity contribution is -0.126. The van der Waals surface area contributed by atoms with Gasteiger partial charge in [0.15, 0.2) is 0 Å². The van der Waals surface area contributed by atoms with Gasteiger partial charge in [0.05, 0.1) is 13.2 Å². The summed E-state index contributed by atoms with van der Waals surface area (Å²) in [7, 11) is 0. The van der Waals surface area contributed by atoms with Crippen LogP contribution in [0, 0.1) is 17.8 Å². The summed E-state index contributed by atoms with van der Waals surface area (Å²) in [6.45, 7) is 4.06. The number of nitrogens with one attached hydrogen (secondary N) is 1. The number of para-hydroxylation sites is 1. The first-order valence-electron chi connectivity index (χ1n) is 8.99. The first-order valence-corrected chi connectivity index (χ1v) is 8.99. The molecule has 23 heavy (non-hydrogen) atoms. The van der Waals surface area contributed by atoms with E-state index in [1.165, 1.54) is 30.5 Å². The largest absolute Gasteiger partial charge is 0.378 e. The lowest BCUT2D eigenvalue weighted by Crippen LogP contribution is -2.38. The molecule has 1 N–H and O–H groups in total. The summed E-state index contributed by atoms with van der Waals surface area (Å²) in [6, 6.07) is 8.42. The highest BCUT2D eigenvalue weighted by molar-refractivity contribution is 5.79. The van der Waals surface area contributed by atoms with E-state index < -0.39 is 0 Å². The van der Waals surface area contributed by atoms with Gasteiger partial charge in [0.2, 0.25) is 5.91 Å². The van der Waals surface area contributed by atoms with Crippen molar-refractivity contribution >= 4 is 11.6 Å². The molecule has 0 spiro atoms. The number of nitrogens with zero attached hydrogens (tertiary/aromatic N) is 1. The maximum Gasteiger partial charge on any atom is 0.223 e. The van der Waals surface area contributed by atoms with Gasteiger partial charge in [-0.1, -0.05) is 24.6 Å². The van der Waals surface area contributed by atoms with Crippen LogP contribution in [0.15, 0.2) is 24.3 Å². The molecule has 1 amide bonds. The second-order valence-corrected chi connectivity index (χ2v) is 7.23. The Kier molecular flexibility index (Phi) is 4.25. The van der Waals surface area contributed by atoms with Crippen molar-refractivity contribution in [2.75, 3.05) is 31.2 Å². The predicted molar refractivity (Wildman–Crippen MR) is 90.3 cm³/mol. The van der Waals surface area contributed by atoms with Gasteiger partial charge < -0.3 is 15.0 Å². The van der Waals surface area contributed by atoms with Crippen LogP contribution in [0.5, 0.6) is 0 Å². The van der Waals surface area contributed by atoms with E-state index in [9.17, 15) is 4.79 Å². The van der Waals surface area contributed by atoms with Crippen LogP contribution < -0.4 is 10.2 Å². The minimum atomic E-state index is 0.268. The van der Waals surface area contributed by atoms with Crippen molar-refractivity contribution in [3.8, 4) is 0 Å². The highest BCUT2D eigenvalue weighted by Crippen LogP contribution is 2.48. The summed E-state index contributed by atoms with van der Waals surface area (Å²) >= 11 is 0. The topological polar surface area (TPSA) is 41.6 Å². The van der Waals surface area contributed by atoms with E-state index in [1.54, 1.807) is 0 Å². The molecule has 2 saturated carbocycles. The molecule has 1 aromatic rings. The summed E-state index contributed by atoms with van der Waals surface area (Å²) in [5.74, 6) is 2.00. The molecular weight excluding hydrogens is 288 g/mol. The summed E-state index contributed by atoms with van der Waals surface area (Å²) in [5, 5.41) is 3.21. The predicted octanol–water partition coefficient (Wildman–Crippen LogP) is 2.58. The fourth-order valence-electron chi connectivity index (χ4n) is 4.65. The zero-order valence-electron chi connectivity index (χ0n) is 13.7. The van der Waals surface area contributed by atoms with Crippen LogP contribution in [-0.2, 0) is 16.1 Å². The van der Waals surface area contributed by atoms with E-state index >= 15 is 0 Å². The third-order valence-corrected chi connectivity index (χ3v) is 5.87. The van der Waals surface area contributed by atoms with Gasteiger partial charge in [0.25, 0.3) is 0 Å². The van der Waals surface area contributed by atoms with Crippen LogP contribution in [0.3, 0.4) is 0 Å². The Hall–Kier alpha value is -1.55. The second kappa shape index (κ2) is 6.52. The molecule has 0 radical (unpaired) electrons. The number of rotatable bonds is 4. The maximum atomic E-state index is 12.6. The summed E-state index contributed by atoms with van der Waals surface area (Å²) in [6.07, 6.45) is 4.99. The molecule has 2 aliphatic carbocycles. The quantitative estimate of drug-likeness (QED) is 0.929. The third kappa shape index (κ3) is 3.09. The number of carbonyl (C=O) groups excluding carboxylic acids is 1. The van der Waals surface area contributed by atoms with Crippen molar-refractivity contribution in [1.29, 1.82) is 0 Å². The Balaban J connectivity index is 1.40. The highest BCUT2D eigenvalue weighted by atomic mass is 16.5. The van der Waals surface area contributed by atoms with Crippen molar-refractivity contribution < 1.29 is 9.53 Å². The number of fused-ring (bicyclic) bond motifs is 2. The maximum absolute atomic E-state index is 12.6. The zero-order chi connectivity index (χ0) is 15.6. The van der Waals surface area contributed by atoms with E-state index in [0.29, 0.717) is 12.5 Å². The van der Waals surface area contributed by atoms with E-state index in [0.717, 1.165) is 38.6 Å². The number of carbonyl (C=O) groups is 1. The van der Waals surface area contributed by atoms with Gasteiger partial charge >= 0.3 is 0 Å². The first kappa shape index (κ1) is 15.0. The zero-order valence-corrected chi connectivity index (χ0v) is 13.7. The third-order valence-electron chi connectivity index (χ3n) is 5.87. The lowest BCUT2D eigenvalue weighted by atomic mass is 9.88. The molecule has 4 rings (SSSR count). The number of anilines is 1. The Morgan fingerprint density at radius 2 is 2.00 bits per heavy atom. The van der Waals surface area contributed by atoms with Gasteiger partial charge in [-0.05, 0) is 42.7 Å². The summed E-state index contributed by atoms with van der Waals surface area (Å²) in [5.41, 5.74) is 2.45. The van der Waals surface area contributed by atoms with Crippen molar-refractivity contribution in [1.82, 2.24) is 5.32 Å². The number of ether oxygens (including phenoxy) is 1. The van der Waals surface area contributed by atoms with E-state index in [4.69, 9.17) is 4.74 Å². The highest BCUT2D eigenvalue weighted by Gasteiger charge is 2.42. The van der Waals surface area contributed by atoms with Gasteiger partial charge in [-0.3, -0.25) is 4.79 Å². The number of hydrogen-bond donors (Lipinski definition) is 1. The van der Waals surface area contributed by atoms with Crippen LogP contribution in [0.1, 0.15) is 31.2 Å². The van der Waals surface area contributed by atoms with Gasteiger partial charge in [0.1, 0.15) is 0 Å². The van der Waals surface area contributed by atoms with E-state index in [2.05, 4.69) is 34.5 Å². The molecule has 4 nitrogen and oxygen atoms in total. The SMILES string of the molecule is O=C(NCc1ccccc1N1CCOCC1)C1CC2CCC1C2. The van der Waals surface area contributed by atoms with E-state index in [-0.39, 0.29) is 11.8 Å². The standard InChI is InChI=1S/C19H26N2O2/c22-19(17-12-14-5-6-15(17)11-14)20-13-16-3-1-2-4-18(16)21-7-9-23-10-8-21/h1-4,14-15,17H,5-13H2,(H,20,22). The van der Waals surface area contributed by atoms with Crippen molar-refractivity contribution in [2.45, 2.75) is 32.2 Å². The van der Waals surface area contributed by atoms with Crippen LogP contribution >= 0.6 is 0 Å². The molecule has 3 aliphatic rings. The Morgan fingerprint density at radius 3 is 2.74 bits per heavy atom. The lowest BCUT2D eigenvalue weighted by Gasteiger charge is -2.31. The average Bonchev–Trinajstić information content (AvgIpc) is 3.24. The van der Waals surface area contributed by atoms with Crippen molar-refractivity contribution in [3.05, 3.63) is 29.8 Å². The van der Waals surface area contributed by atoms with E-state index in [1.807, 2.05) is 0 Å². The Labute approximate surface area is 138 Å². The Morgan fingerprint density at radius 1 is 1.17 bits per heavy atom. The first-order chi connectivity index (χ1) is 11.3. The van der Waals surface area contributed by atoms with Crippen LogP contribution in [0.2, 0.25) is 0 Å². The monoisotopic (exact) mass is 314 g/mol. The van der Waals surface area contributed by atoms with Gasteiger partial charge in [-0.2, -0.15) is 0 Å². The molecule has 2 bridgehead atoms. The number of hydrogen-bond acceptors (Lipinski definition) is 3. The average molecular weight is 314 g/mol. The van der Waals surface area contributed by atoms with Crippen molar-refractivity contribution in [2.24, 2.45) is 17.8 Å². The summed E-state index contributed by atoms with van der Waals surface area (Å²) in [4.78, 5) is 14.9. The van der Waals surface area contributed by atoms with Gasteiger partial charge in [-0.15, -0.1) is 0 Å². The molecule has 4 heteroatoms. The van der Waals surface area contributed by atoms with Crippen molar-refractivity contribution in [3.63, 3.8) is 0 Å². The minimum absolute atomic E-state index is 0.268. The normalized spacial score (nSPS) is 29.7. The minimum Gasteiger partial charge on any atom is -0.378 e. The molecule has 0 aromatic heterocycles. The molecule has 1 aromatic carbocycles. The molecular formula is C19H26N2O2. The molecule has 3 atom stereocenters. The molecule has 1 aliphatic heterocycles. The van der Waals surface area contributed by atoms with Gasteiger partial charge in [-0.25, -0.2) is 0 Å². The molecule has 3 fully saturated rings. The fraction of sp³-hybridized carbons (Fsp3) is 0.632. The van der Waals surface area contributed by atoms with Crippen LogP contribution in [0.25, 0.3) is 0 Å². The summed E-state index contributed by atoms with van der Waals surface area (Å²) < 4.78 is 5.44. The fourth-order valence-corrected chi connectivity index (χ4v) is 4.65. The number of morpholine rings is 1. The molecule has 3 unspecified atom stereocenters. The molecule has 1 heterocycles. The molecule has 1 saturated heterocycles. The molecule has 124 valence electrons. The smallest absolute Gasteiger partial charge is 0.223 e. The van der Waals surface area contributed by atoms with Gasteiger partial charge in [0, 0.05) is 31.2 Å². The van der Waals surface area contributed by atoms with Crippen LogP contribution in [0.4, 0.5) is 5.69 Å². The number of benzene rings is 1. The number of amides is 1. The van der Waals surface area contributed by atoms with Crippen LogP contribution in [-0.4, -0.2) is 32.2 Å². The second-order valence-electron chi connectivity index (χ2n) is 7.23. The Bertz CT molecular complexity index is 568.